The maximum Gasteiger partial charge on any atom is 0.00575 e. The summed E-state index contributed by atoms with van der Waals surface area (Å²) in [6, 6.07) is 0. The van der Waals surface area contributed by atoms with Crippen LogP contribution in [0.5, 0.6) is 0 Å². The van der Waals surface area contributed by atoms with Gasteiger partial charge in [0.15, 0.2) is 0 Å². The molecule has 0 heterocycles. The number of hydrogen-bond donors (Lipinski definition) is 6. The van der Waals surface area contributed by atoms with Crippen molar-refractivity contribution in [1.29, 1.82) is 0 Å². The van der Waals surface area contributed by atoms with Crippen LogP contribution in [0.4, 0.5) is 0 Å². The van der Waals surface area contributed by atoms with E-state index >= 15 is 0 Å². The molecule has 0 nitrogen and oxygen atoms in total. The Morgan fingerprint density at radius 1 is 0.149 bits per heavy atom. The Morgan fingerprint density at radius 3 is 0.340 bits per heavy atom. The molecule has 0 aliphatic heterocycles. The Kier molecular flexibility index (Phi) is 105. The van der Waals surface area contributed by atoms with Crippen molar-refractivity contribution in [3.05, 3.63) is 0 Å². The molecular weight excluding hydrogens is 1420 g/mol. The van der Waals surface area contributed by atoms with E-state index in [1.165, 1.54) is 424 Å². The normalized spacial score (nSPS) is 13.4. The van der Waals surface area contributed by atoms with E-state index in [2.05, 4.69) is 153 Å². The van der Waals surface area contributed by atoms with Gasteiger partial charge in [-0.05, 0) is 112 Å². The third-order valence-corrected chi connectivity index (χ3v) is 26.3. The van der Waals surface area contributed by atoms with Gasteiger partial charge in [0.2, 0.25) is 0 Å². The van der Waals surface area contributed by atoms with E-state index in [0.717, 1.165) is 66.0 Å². The molecule has 6 atom stereocenters. The van der Waals surface area contributed by atoms with Crippen LogP contribution in [0.15, 0.2) is 0 Å². The van der Waals surface area contributed by atoms with Crippen molar-refractivity contribution in [3.63, 3.8) is 0 Å². The average molecular weight is 1590 g/mol. The van der Waals surface area contributed by atoms with Crippen LogP contribution < -0.4 is 0 Å². The molecule has 0 rings (SSSR count). The summed E-state index contributed by atoms with van der Waals surface area (Å²) < 4.78 is 0. The number of hydrogen-bond acceptors (Lipinski definition) is 9. The minimum absolute atomic E-state index is 0. The monoisotopic (exact) mass is 1590 g/mol. The molecular formula is C84H174S9Sb. The molecule has 0 aromatic heterocycles. The summed E-state index contributed by atoms with van der Waals surface area (Å²) in [5.41, 5.74) is 0. The van der Waals surface area contributed by atoms with E-state index in [1.807, 2.05) is 0 Å². The van der Waals surface area contributed by atoms with E-state index in [1.54, 1.807) is 0 Å². The van der Waals surface area contributed by atoms with Crippen molar-refractivity contribution in [2.24, 2.45) is 0 Å². The zero-order valence-electron chi connectivity index (χ0n) is 64.7. The summed E-state index contributed by atoms with van der Waals surface area (Å²) in [5.74, 6) is 6.25. The van der Waals surface area contributed by atoms with Gasteiger partial charge in [-0.15, -0.1) is 0 Å². The summed E-state index contributed by atoms with van der Waals surface area (Å²) in [6.07, 6.45) is 93.5. The average Bonchev–Trinajstić information content (AvgIpc) is 3.33. The molecule has 0 aliphatic rings. The van der Waals surface area contributed by atoms with Gasteiger partial charge in [0.05, 0.1) is 0 Å². The van der Waals surface area contributed by atoms with Gasteiger partial charge >= 0.3 is 0 Å². The van der Waals surface area contributed by atoms with E-state index in [4.69, 9.17) is 0 Å². The van der Waals surface area contributed by atoms with Crippen molar-refractivity contribution in [2.45, 2.75) is 497 Å². The van der Waals surface area contributed by atoms with Crippen LogP contribution in [0.1, 0.15) is 465 Å². The Hall–Kier alpha value is 3.97. The predicted molar refractivity (Wildman–Crippen MR) is 473 cm³/mol. The smallest absolute Gasteiger partial charge is 0.00575 e. The van der Waals surface area contributed by atoms with Gasteiger partial charge in [-0.1, -0.05) is 388 Å². The van der Waals surface area contributed by atoms with Gasteiger partial charge < -0.3 is 0 Å². The summed E-state index contributed by atoms with van der Waals surface area (Å²) in [5, 5.41) is 4.95. The molecule has 0 spiro atoms. The summed E-state index contributed by atoms with van der Waals surface area (Å²) in [4.78, 5) is 0. The van der Waals surface area contributed by atoms with Crippen LogP contribution in [0, 0.1) is 0 Å². The molecule has 0 aromatic rings. The Labute approximate surface area is 660 Å². The fourth-order valence-corrected chi connectivity index (χ4v) is 21.4. The maximum atomic E-state index is 4.56. The molecule has 0 aliphatic carbocycles. The van der Waals surface area contributed by atoms with Crippen LogP contribution in [-0.2, 0) is 0 Å². The topological polar surface area (TPSA) is 0 Å². The third kappa shape index (κ3) is 86.6. The van der Waals surface area contributed by atoms with Crippen molar-refractivity contribution in [1.82, 2.24) is 0 Å². The molecule has 0 saturated heterocycles. The van der Waals surface area contributed by atoms with Crippen molar-refractivity contribution in [2.75, 3.05) is 34.5 Å². The summed E-state index contributed by atoms with van der Waals surface area (Å²) in [7, 11) is 0. The summed E-state index contributed by atoms with van der Waals surface area (Å²) >= 11 is 34.3. The largest absolute Gasteiger partial charge is 0.179 e. The molecule has 10 heteroatoms. The van der Waals surface area contributed by atoms with Crippen molar-refractivity contribution in [3.8, 4) is 0 Å². The number of rotatable bonds is 78. The zero-order chi connectivity index (χ0) is 68.5. The molecule has 0 amide bonds. The number of unbranched alkanes of at least 4 members (excludes halogenated alkanes) is 48. The van der Waals surface area contributed by atoms with Crippen LogP contribution in [0.25, 0.3) is 0 Å². The predicted octanol–water partition coefficient (Wildman–Crippen LogP) is 32.4. The first-order valence-electron chi connectivity index (χ1n) is 42.5. The van der Waals surface area contributed by atoms with Gasteiger partial charge in [0.1, 0.15) is 0 Å². The second-order valence-electron chi connectivity index (χ2n) is 28.9. The fourth-order valence-electron chi connectivity index (χ4n) is 13.5. The standard InChI is InChI=1S/3C28H58S3.Sb/c3*1-3-5-7-9-11-13-15-17-19-21-27(23-25-29)31-28(24-26-30)22-20-18-16-14-12-10-8-6-4-2;/h3*27-30H,3-26H2,1-2H3;. The van der Waals surface area contributed by atoms with Crippen molar-refractivity contribution >= 4 is 135 Å². The van der Waals surface area contributed by atoms with Crippen molar-refractivity contribution < 1.29 is 0 Å². The fraction of sp³-hybridized carbons (Fsp3) is 1.00. The Balaban J connectivity index is -0.000000643. The van der Waals surface area contributed by atoms with E-state index in [9.17, 15) is 0 Å². The van der Waals surface area contributed by atoms with E-state index in [-0.39, 0.29) is 24.4 Å². The van der Waals surface area contributed by atoms with Gasteiger partial charge in [-0.3, -0.25) is 0 Å². The molecule has 6 unspecified atom stereocenters. The second-order valence-corrected chi connectivity index (χ2v) is 36.4. The van der Waals surface area contributed by atoms with Gasteiger partial charge in [-0.2, -0.15) is 111 Å². The quantitative estimate of drug-likeness (QED) is 0.0204. The Morgan fingerprint density at radius 2 is 0.245 bits per heavy atom. The van der Waals surface area contributed by atoms with Crippen LogP contribution in [-0.4, -0.2) is 90.4 Å². The molecule has 569 valence electrons. The molecule has 0 saturated carbocycles. The maximum absolute atomic E-state index is 4.56. The van der Waals surface area contributed by atoms with Crippen LogP contribution in [0.2, 0.25) is 0 Å². The molecule has 94 heavy (non-hydrogen) atoms. The minimum atomic E-state index is 0. The van der Waals surface area contributed by atoms with Gasteiger partial charge in [-0.25, -0.2) is 0 Å². The minimum Gasteiger partial charge on any atom is -0.179 e. The second kappa shape index (κ2) is 95.0. The Bertz CT molecular complexity index is 1030. The molecule has 0 fully saturated rings. The first kappa shape index (κ1) is 104. The summed E-state index contributed by atoms with van der Waals surface area (Å²) in [6.45, 7) is 13.8. The third-order valence-electron chi connectivity index (χ3n) is 19.6. The number of thiol groups is 6. The molecule has 3 radical (unpaired) electrons. The molecule has 0 aromatic carbocycles. The number of thioether (sulfide) groups is 3. The van der Waals surface area contributed by atoms with Gasteiger partial charge in [0, 0.05) is 55.9 Å². The first-order valence-corrected chi connectivity index (χ1v) is 49.1. The van der Waals surface area contributed by atoms with Crippen LogP contribution >= 0.6 is 111 Å². The van der Waals surface area contributed by atoms with E-state index < -0.39 is 0 Å². The first-order chi connectivity index (χ1) is 45.8. The van der Waals surface area contributed by atoms with E-state index in [0.29, 0.717) is 0 Å². The SMILES string of the molecule is CCCCCCCCCCCC(CCS)SC(CCS)CCCCCCCCCCC.CCCCCCCCCCCC(CCS)SC(CCS)CCCCCCCCCCC.CCCCCCCCCCCC(CCS)SC(CCS)CCCCCCCCCCC.[Sb]. The molecule has 0 N–H and O–H groups in total. The van der Waals surface area contributed by atoms with Crippen LogP contribution in [0.3, 0.4) is 0 Å². The zero-order valence-corrected chi connectivity index (χ0v) is 75.1. The van der Waals surface area contributed by atoms with Gasteiger partial charge in [0.25, 0.3) is 0 Å². The molecule has 0 bridgehead atoms.